The Morgan fingerprint density at radius 3 is 2.07 bits per heavy atom. The molecular weight excluding hydrogens is 396 g/mol. The fourth-order valence-corrected chi connectivity index (χ4v) is 4.04. The maximum Gasteiger partial charge on any atom is 0.286 e. The first-order valence-corrected chi connectivity index (χ1v) is 10.2. The number of hydrogen-bond acceptors (Lipinski definition) is 5. The van der Waals surface area contributed by atoms with Gasteiger partial charge in [0.1, 0.15) is 11.5 Å². The molecule has 0 radical (unpaired) electrons. The molecule has 30 heavy (non-hydrogen) atoms. The number of hydrogen-bond donors (Lipinski definition) is 0. The third-order valence-corrected chi connectivity index (χ3v) is 5.53. The van der Waals surface area contributed by atoms with Crippen molar-refractivity contribution < 1.29 is 14.3 Å². The summed E-state index contributed by atoms with van der Waals surface area (Å²) >= 11 is 1.34. The Kier molecular flexibility index (Phi) is 5.86. The quantitative estimate of drug-likeness (QED) is 0.513. The first-order chi connectivity index (χ1) is 14.7. The molecule has 150 valence electrons. The minimum atomic E-state index is -0.273. The van der Waals surface area contributed by atoms with E-state index in [9.17, 15) is 4.79 Å². The molecule has 0 aromatic heterocycles. The molecule has 1 aliphatic rings. The standard InChI is InChI=1S/C24H20N2O3S/c1-28-20-14-13-17(21(16-20)29-2)15-22-23(27)25-24(30-22)26(18-9-5-3-6-10-18)19-11-7-4-8-12-19/h3-16H,1-2H3/b22-15+. The Balaban J connectivity index is 1.69. The van der Waals surface area contributed by atoms with Gasteiger partial charge in [-0.15, -0.1) is 0 Å². The van der Waals surface area contributed by atoms with Gasteiger partial charge in [0.05, 0.1) is 19.1 Å². The molecule has 0 atom stereocenters. The van der Waals surface area contributed by atoms with Crippen molar-refractivity contribution in [3.8, 4) is 11.5 Å². The highest BCUT2D eigenvalue weighted by Gasteiger charge is 2.28. The number of thioether (sulfide) groups is 1. The number of para-hydroxylation sites is 2. The number of carbonyl (C=O) groups excluding carboxylic acids is 1. The second kappa shape index (κ2) is 8.88. The van der Waals surface area contributed by atoms with Crippen molar-refractivity contribution in [1.29, 1.82) is 0 Å². The minimum absolute atomic E-state index is 0.273. The summed E-state index contributed by atoms with van der Waals surface area (Å²) in [5.74, 6) is 1.05. The van der Waals surface area contributed by atoms with Gasteiger partial charge in [-0.2, -0.15) is 4.99 Å². The summed E-state index contributed by atoms with van der Waals surface area (Å²) in [6.07, 6.45) is 1.80. The lowest BCUT2D eigenvalue weighted by Gasteiger charge is -2.23. The van der Waals surface area contributed by atoms with Crippen LogP contribution < -0.4 is 14.4 Å². The number of amides is 1. The molecule has 0 fully saturated rings. The van der Waals surface area contributed by atoms with Gasteiger partial charge < -0.3 is 9.47 Å². The number of amidine groups is 1. The number of ether oxygens (including phenoxy) is 2. The molecule has 0 saturated heterocycles. The van der Waals surface area contributed by atoms with Crippen LogP contribution in [0.4, 0.5) is 11.4 Å². The smallest absolute Gasteiger partial charge is 0.286 e. The van der Waals surface area contributed by atoms with Crippen LogP contribution in [0.15, 0.2) is 88.8 Å². The maximum atomic E-state index is 12.7. The molecule has 0 unspecified atom stereocenters. The third-order valence-electron chi connectivity index (χ3n) is 4.56. The van der Waals surface area contributed by atoms with Crippen molar-refractivity contribution in [3.05, 3.63) is 89.3 Å². The van der Waals surface area contributed by atoms with E-state index in [0.29, 0.717) is 21.6 Å². The molecule has 6 heteroatoms. The van der Waals surface area contributed by atoms with Gasteiger partial charge in [-0.05, 0) is 54.2 Å². The lowest BCUT2D eigenvalue weighted by molar-refractivity contribution is -0.113. The molecule has 1 heterocycles. The molecule has 0 bridgehead atoms. The van der Waals surface area contributed by atoms with Gasteiger partial charge in [0.15, 0.2) is 5.17 Å². The first kappa shape index (κ1) is 19.8. The number of methoxy groups -OCH3 is 2. The van der Waals surface area contributed by atoms with Crippen molar-refractivity contribution in [2.24, 2.45) is 4.99 Å². The SMILES string of the molecule is COc1ccc(/C=C2/SC(N(c3ccccc3)c3ccccc3)=NC2=O)c(OC)c1. The van der Waals surface area contributed by atoms with Crippen LogP contribution in [-0.4, -0.2) is 25.3 Å². The second-order valence-corrected chi connectivity index (χ2v) is 7.43. The minimum Gasteiger partial charge on any atom is -0.497 e. The Morgan fingerprint density at radius 2 is 1.50 bits per heavy atom. The molecule has 3 aromatic carbocycles. The van der Waals surface area contributed by atoms with Gasteiger partial charge in [0.2, 0.25) is 0 Å². The highest BCUT2D eigenvalue weighted by molar-refractivity contribution is 8.18. The topological polar surface area (TPSA) is 51.1 Å². The van der Waals surface area contributed by atoms with Crippen molar-refractivity contribution >= 4 is 40.3 Å². The lowest BCUT2D eigenvalue weighted by atomic mass is 10.1. The summed E-state index contributed by atoms with van der Waals surface area (Å²) in [6, 6.07) is 25.2. The predicted octanol–water partition coefficient (Wildman–Crippen LogP) is 5.51. The summed E-state index contributed by atoms with van der Waals surface area (Å²) in [4.78, 5) is 19.6. The zero-order valence-electron chi connectivity index (χ0n) is 16.6. The van der Waals surface area contributed by atoms with E-state index in [-0.39, 0.29) is 5.91 Å². The molecular formula is C24H20N2O3S. The Hall–Kier alpha value is -3.51. The zero-order valence-corrected chi connectivity index (χ0v) is 17.4. The summed E-state index contributed by atoms with van der Waals surface area (Å²) in [5.41, 5.74) is 2.66. The number of carbonyl (C=O) groups is 1. The Bertz CT molecular complexity index is 1070. The Morgan fingerprint density at radius 1 is 0.867 bits per heavy atom. The van der Waals surface area contributed by atoms with Crippen LogP contribution in [0.1, 0.15) is 5.56 Å². The summed E-state index contributed by atoms with van der Waals surface area (Å²) < 4.78 is 10.7. The van der Waals surface area contributed by atoms with E-state index in [1.54, 1.807) is 26.4 Å². The van der Waals surface area contributed by atoms with E-state index in [0.717, 1.165) is 16.9 Å². The van der Waals surface area contributed by atoms with E-state index in [1.165, 1.54) is 11.8 Å². The van der Waals surface area contributed by atoms with Crippen molar-refractivity contribution in [1.82, 2.24) is 0 Å². The Labute approximate surface area is 179 Å². The molecule has 0 saturated carbocycles. The molecule has 0 aliphatic carbocycles. The van der Waals surface area contributed by atoms with Crippen LogP contribution in [0, 0.1) is 0 Å². The van der Waals surface area contributed by atoms with Gasteiger partial charge in [0, 0.05) is 23.0 Å². The summed E-state index contributed by atoms with van der Waals surface area (Å²) in [6.45, 7) is 0. The van der Waals surface area contributed by atoms with Crippen LogP contribution in [-0.2, 0) is 4.79 Å². The van der Waals surface area contributed by atoms with E-state index < -0.39 is 0 Å². The lowest BCUT2D eigenvalue weighted by Crippen LogP contribution is -2.21. The second-order valence-electron chi connectivity index (χ2n) is 6.42. The molecule has 4 rings (SSSR count). The molecule has 1 amide bonds. The van der Waals surface area contributed by atoms with Crippen molar-refractivity contribution in [3.63, 3.8) is 0 Å². The molecule has 5 nitrogen and oxygen atoms in total. The number of nitrogens with zero attached hydrogens (tertiary/aromatic N) is 2. The zero-order chi connectivity index (χ0) is 20.9. The van der Waals surface area contributed by atoms with Crippen molar-refractivity contribution in [2.45, 2.75) is 0 Å². The summed E-state index contributed by atoms with van der Waals surface area (Å²) in [5, 5.41) is 0.608. The third kappa shape index (κ3) is 4.09. The molecule has 0 N–H and O–H groups in total. The number of rotatable bonds is 5. The van der Waals surface area contributed by atoms with Gasteiger partial charge in [-0.25, -0.2) is 0 Å². The largest absolute Gasteiger partial charge is 0.497 e. The summed E-state index contributed by atoms with van der Waals surface area (Å²) in [7, 11) is 3.19. The maximum absolute atomic E-state index is 12.7. The van der Waals surface area contributed by atoms with Gasteiger partial charge in [-0.1, -0.05) is 36.4 Å². The molecule has 3 aromatic rings. The normalized spacial score (nSPS) is 14.5. The van der Waals surface area contributed by atoms with Crippen LogP contribution in [0.2, 0.25) is 0 Å². The van der Waals surface area contributed by atoms with E-state index in [1.807, 2.05) is 77.7 Å². The highest BCUT2D eigenvalue weighted by atomic mass is 32.2. The van der Waals surface area contributed by atoms with E-state index in [4.69, 9.17) is 9.47 Å². The number of benzene rings is 3. The van der Waals surface area contributed by atoms with Crippen LogP contribution in [0.5, 0.6) is 11.5 Å². The van der Waals surface area contributed by atoms with Crippen LogP contribution in [0.25, 0.3) is 6.08 Å². The van der Waals surface area contributed by atoms with Gasteiger partial charge >= 0.3 is 0 Å². The highest BCUT2D eigenvalue weighted by Crippen LogP contribution is 2.38. The van der Waals surface area contributed by atoms with Gasteiger partial charge in [0.25, 0.3) is 5.91 Å². The number of aliphatic imine (C=N–C) groups is 1. The fourth-order valence-electron chi connectivity index (χ4n) is 3.10. The van der Waals surface area contributed by atoms with E-state index in [2.05, 4.69) is 4.99 Å². The molecule has 0 spiro atoms. The predicted molar refractivity (Wildman–Crippen MR) is 123 cm³/mol. The van der Waals surface area contributed by atoms with Gasteiger partial charge in [-0.3, -0.25) is 9.69 Å². The molecule has 1 aliphatic heterocycles. The average molecular weight is 417 g/mol. The fraction of sp³-hybridized carbons (Fsp3) is 0.0833. The van der Waals surface area contributed by atoms with Crippen molar-refractivity contribution in [2.75, 3.05) is 19.1 Å². The van der Waals surface area contributed by atoms with E-state index >= 15 is 0 Å². The monoisotopic (exact) mass is 416 g/mol. The van der Waals surface area contributed by atoms with Crippen LogP contribution in [0.3, 0.4) is 0 Å². The average Bonchev–Trinajstić information content (AvgIpc) is 3.15. The number of anilines is 2. The van der Waals surface area contributed by atoms with Crippen LogP contribution >= 0.6 is 11.8 Å². The first-order valence-electron chi connectivity index (χ1n) is 9.34.